The van der Waals surface area contributed by atoms with Gasteiger partial charge in [-0.15, -0.1) is 0 Å². The SMILES string of the molecule is CC(c1ccccc1-c1ccccc1)c1ccccc1-c1ccccc1. The summed E-state index contributed by atoms with van der Waals surface area (Å²) in [6.45, 7) is 2.31. The Hall–Kier alpha value is -3.12. The molecule has 4 rings (SSSR count). The second-order valence-electron chi connectivity index (χ2n) is 6.63. The van der Waals surface area contributed by atoms with Crippen LogP contribution in [0.25, 0.3) is 22.3 Å². The van der Waals surface area contributed by atoms with Gasteiger partial charge < -0.3 is 0 Å². The monoisotopic (exact) mass is 334 g/mol. The van der Waals surface area contributed by atoms with Crippen molar-refractivity contribution in [3.63, 3.8) is 0 Å². The van der Waals surface area contributed by atoms with Gasteiger partial charge in [0.25, 0.3) is 0 Å². The lowest BCUT2D eigenvalue weighted by Gasteiger charge is -2.20. The first-order valence-corrected chi connectivity index (χ1v) is 9.13. The average molecular weight is 334 g/mol. The third-order valence-electron chi connectivity index (χ3n) is 5.02. The van der Waals surface area contributed by atoms with Gasteiger partial charge in [-0.1, -0.05) is 116 Å². The van der Waals surface area contributed by atoms with E-state index in [1.165, 1.54) is 33.4 Å². The molecule has 0 aliphatic carbocycles. The third kappa shape index (κ3) is 3.19. The van der Waals surface area contributed by atoms with Gasteiger partial charge in [0.15, 0.2) is 0 Å². The van der Waals surface area contributed by atoms with E-state index in [-0.39, 0.29) is 0 Å². The Kier molecular flexibility index (Phi) is 4.66. The summed E-state index contributed by atoms with van der Waals surface area (Å²) in [5.41, 5.74) is 7.88. The Labute approximate surface area is 155 Å². The van der Waals surface area contributed by atoms with Crippen LogP contribution in [0.2, 0.25) is 0 Å². The lowest BCUT2D eigenvalue weighted by atomic mass is 9.84. The molecule has 0 saturated heterocycles. The molecule has 0 N–H and O–H groups in total. The van der Waals surface area contributed by atoms with E-state index in [0.717, 1.165) is 0 Å². The summed E-state index contributed by atoms with van der Waals surface area (Å²) >= 11 is 0. The van der Waals surface area contributed by atoms with Crippen molar-refractivity contribution in [1.82, 2.24) is 0 Å². The Morgan fingerprint density at radius 1 is 0.423 bits per heavy atom. The van der Waals surface area contributed by atoms with E-state index < -0.39 is 0 Å². The van der Waals surface area contributed by atoms with Crippen LogP contribution in [0.15, 0.2) is 109 Å². The summed E-state index contributed by atoms with van der Waals surface area (Å²) in [6.07, 6.45) is 0. The summed E-state index contributed by atoms with van der Waals surface area (Å²) in [4.78, 5) is 0. The molecule has 0 radical (unpaired) electrons. The normalized spacial score (nSPS) is 10.8. The van der Waals surface area contributed by atoms with Crippen LogP contribution >= 0.6 is 0 Å². The van der Waals surface area contributed by atoms with E-state index in [4.69, 9.17) is 0 Å². The molecule has 0 atom stereocenters. The van der Waals surface area contributed by atoms with Crippen LogP contribution in [0.1, 0.15) is 24.0 Å². The first kappa shape index (κ1) is 16.4. The maximum atomic E-state index is 2.31. The van der Waals surface area contributed by atoms with Gasteiger partial charge >= 0.3 is 0 Å². The molecule has 0 aliphatic rings. The Bertz CT molecular complexity index is 901. The predicted octanol–water partition coefficient (Wildman–Crippen LogP) is 7.17. The third-order valence-corrected chi connectivity index (χ3v) is 5.02. The summed E-state index contributed by atoms with van der Waals surface area (Å²) in [6, 6.07) is 38.8. The molecule has 126 valence electrons. The predicted molar refractivity (Wildman–Crippen MR) is 111 cm³/mol. The zero-order valence-corrected chi connectivity index (χ0v) is 15.0. The standard InChI is InChI=1S/C26H22/c1-20(23-16-8-10-18-25(23)21-12-4-2-5-13-21)24-17-9-11-19-26(24)22-14-6-3-7-15-22/h2-20H,1H3. The smallest absolute Gasteiger partial charge is 0.00733 e. The van der Waals surface area contributed by atoms with Crippen molar-refractivity contribution in [3.05, 3.63) is 120 Å². The van der Waals surface area contributed by atoms with Gasteiger partial charge in [-0.25, -0.2) is 0 Å². The summed E-state index contributed by atoms with van der Waals surface area (Å²) in [5, 5.41) is 0. The van der Waals surface area contributed by atoms with Crippen LogP contribution in [0.3, 0.4) is 0 Å². The van der Waals surface area contributed by atoms with Gasteiger partial charge in [0.05, 0.1) is 0 Å². The molecule has 0 heterocycles. The molecule has 0 bridgehead atoms. The topological polar surface area (TPSA) is 0 Å². The average Bonchev–Trinajstić information content (AvgIpc) is 2.74. The zero-order valence-electron chi connectivity index (χ0n) is 15.0. The lowest BCUT2D eigenvalue weighted by Crippen LogP contribution is -2.01. The molecule has 0 aromatic heterocycles. The second kappa shape index (κ2) is 7.41. The zero-order chi connectivity index (χ0) is 17.8. The van der Waals surface area contributed by atoms with E-state index in [1.54, 1.807) is 0 Å². The molecule has 0 heteroatoms. The van der Waals surface area contributed by atoms with Gasteiger partial charge in [0.1, 0.15) is 0 Å². The van der Waals surface area contributed by atoms with Crippen molar-refractivity contribution in [2.45, 2.75) is 12.8 Å². The largest absolute Gasteiger partial charge is 0.0622 e. The molecule has 4 aromatic rings. The Morgan fingerprint density at radius 2 is 0.769 bits per heavy atom. The van der Waals surface area contributed by atoms with Crippen LogP contribution in [-0.4, -0.2) is 0 Å². The molecular weight excluding hydrogens is 312 g/mol. The molecule has 26 heavy (non-hydrogen) atoms. The van der Waals surface area contributed by atoms with Crippen LogP contribution in [0.5, 0.6) is 0 Å². The Balaban J connectivity index is 1.83. The van der Waals surface area contributed by atoms with Crippen molar-refractivity contribution >= 4 is 0 Å². The molecule has 0 spiro atoms. The van der Waals surface area contributed by atoms with Crippen molar-refractivity contribution in [2.75, 3.05) is 0 Å². The second-order valence-corrected chi connectivity index (χ2v) is 6.63. The van der Waals surface area contributed by atoms with E-state index in [1.807, 2.05) is 0 Å². The fraction of sp³-hybridized carbons (Fsp3) is 0.0769. The van der Waals surface area contributed by atoms with E-state index in [9.17, 15) is 0 Å². The molecule has 0 aliphatic heterocycles. The summed E-state index contributed by atoms with van der Waals surface area (Å²) in [5.74, 6) is 0.308. The minimum absolute atomic E-state index is 0.308. The minimum atomic E-state index is 0.308. The first-order chi connectivity index (χ1) is 12.8. The maximum absolute atomic E-state index is 2.31. The molecular formula is C26H22. The van der Waals surface area contributed by atoms with Crippen LogP contribution in [0, 0.1) is 0 Å². The van der Waals surface area contributed by atoms with Crippen LogP contribution in [0.4, 0.5) is 0 Å². The van der Waals surface area contributed by atoms with Crippen LogP contribution in [-0.2, 0) is 0 Å². The van der Waals surface area contributed by atoms with E-state index in [2.05, 4.69) is 116 Å². The van der Waals surface area contributed by atoms with E-state index in [0.29, 0.717) is 5.92 Å². The van der Waals surface area contributed by atoms with E-state index >= 15 is 0 Å². The number of rotatable bonds is 4. The fourth-order valence-electron chi connectivity index (χ4n) is 3.68. The molecule has 0 unspecified atom stereocenters. The van der Waals surface area contributed by atoms with Crippen molar-refractivity contribution in [3.8, 4) is 22.3 Å². The molecule has 0 amide bonds. The highest BCUT2D eigenvalue weighted by molar-refractivity contribution is 5.72. The fourth-order valence-corrected chi connectivity index (χ4v) is 3.68. The minimum Gasteiger partial charge on any atom is -0.0622 e. The quantitative estimate of drug-likeness (QED) is 0.371. The highest BCUT2D eigenvalue weighted by Crippen LogP contribution is 2.37. The van der Waals surface area contributed by atoms with Gasteiger partial charge in [0.2, 0.25) is 0 Å². The van der Waals surface area contributed by atoms with Gasteiger partial charge in [-0.2, -0.15) is 0 Å². The lowest BCUT2D eigenvalue weighted by molar-refractivity contribution is 0.927. The highest BCUT2D eigenvalue weighted by Gasteiger charge is 2.17. The van der Waals surface area contributed by atoms with Crippen molar-refractivity contribution in [2.24, 2.45) is 0 Å². The molecule has 4 aromatic carbocycles. The summed E-state index contributed by atoms with van der Waals surface area (Å²) < 4.78 is 0. The maximum Gasteiger partial charge on any atom is 0.00733 e. The molecule has 0 nitrogen and oxygen atoms in total. The number of hydrogen-bond acceptors (Lipinski definition) is 0. The Morgan fingerprint density at radius 3 is 1.19 bits per heavy atom. The molecule has 0 fully saturated rings. The summed E-state index contributed by atoms with van der Waals surface area (Å²) in [7, 11) is 0. The van der Waals surface area contributed by atoms with Crippen molar-refractivity contribution < 1.29 is 0 Å². The van der Waals surface area contributed by atoms with Gasteiger partial charge in [0, 0.05) is 5.92 Å². The first-order valence-electron chi connectivity index (χ1n) is 9.13. The molecule has 0 saturated carbocycles. The van der Waals surface area contributed by atoms with Crippen molar-refractivity contribution in [1.29, 1.82) is 0 Å². The highest BCUT2D eigenvalue weighted by atomic mass is 14.2. The van der Waals surface area contributed by atoms with Crippen LogP contribution < -0.4 is 0 Å². The number of benzene rings is 4. The van der Waals surface area contributed by atoms with Gasteiger partial charge in [-0.3, -0.25) is 0 Å². The number of hydrogen-bond donors (Lipinski definition) is 0. The van der Waals surface area contributed by atoms with Gasteiger partial charge in [-0.05, 0) is 33.4 Å².